The molecule has 142 valence electrons. The Balaban J connectivity index is 2.19. The zero-order valence-corrected chi connectivity index (χ0v) is 18.6. The Labute approximate surface area is 165 Å². The van der Waals surface area contributed by atoms with E-state index >= 15 is 0 Å². The number of rotatable bonds is 5. The molecule has 0 radical (unpaired) electrons. The first-order chi connectivity index (χ1) is 12.7. The van der Waals surface area contributed by atoms with Crippen molar-refractivity contribution in [3.05, 3.63) is 77.4 Å². The van der Waals surface area contributed by atoms with Gasteiger partial charge in [-0.3, -0.25) is 0 Å². The fraction of sp³-hybridized carbons (Fsp3) is 0.360. The van der Waals surface area contributed by atoms with Crippen LogP contribution in [0.5, 0.6) is 5.75 Å². The summed E-state index contributed by atoms with van der Waals surface area (Å²) in [5.74, 6) is 1.09. The van der Waals surface area contributed by atoms with Crippen LogP contribution in [0.1, 0.15) is 48.6 Å². The first kappa shape index (κ1) is 19.7. The summed E-state index contributed by atoms with van der Waals surface area (Å²) in [5, 5.41) is 1.42. The van der Waals surface area contributed by atoms with Gasteiger partial charge in [0.25, 0.3) is 0 Å². The predicted octanol–water partition coefficient (Wildman–Crippen LogP) is 6.12. The van der Waals surface area contributed by atoms with Gasteiger partial charge in [-0.25, -0.2) is 0 Å². The van der Waals surface area contributed by atoms with Crippen LogP contribution in [0.3, 0.4) is 0 Å². The highest BCUT2D eigenvalue weighted by molar-refractivity contribution is 6.92. The maximum atomic E-state index is 6.33. The van der Waals surface area contributed by atoms with Crippen LogP contribution in [-0.2, 0) is 5.41 Å². The Morgan fingerprint density at radius 1 is 1.15 bits per heavy atom. The highest BCUT2D eigenvalue weighted by Crippen LogP contribution is 2.40. The molecule has 1 nitrogen and oxygen atoms in total. The Hall–Kier alpha value is -2.06. The van der Waals surface area contributed by atoms with Gasteiger partial charge in [0, 0.05) is 5.54 Å². The Morgan fingerprint density at radius 2 is 1.85 bits per heavy atom. The summed E-state index contributed by atoms with van der Waals surface area (Å²) in [5.41, 5.74) is 5.94. The van der Waals surface area contributed by atoms with Crippen LogP contribution in [0, 0.1) is 6.92 Å². The van der Waals surface area contributed by atoms with Gasteiger partial charge in [-0.05, 0) is 34.2 Å². The number of ether oxygens (including phenoxy) is 1. The van der Waals surface area contributed by atoms with Crippen LogP contribution in [0.2, 0.25) is 13.1 Å². The zero-order valence-electron chi connectivity index (χ0n) is 17.6. The third-order valence-electron chi connectivity index (χ3n) is 5.66. The van der Waals surface area contributed by atoms with E-state index in [2.05, 4.69) is 95.9 Å². The largest absolute Gasteiger partial charge is 0.489 e. The maximum Gasteiger partial charge on any atom is 0.122 e. The molecule has 2 heteroatoms. The standard InChI is InChI=1S/C25H32OSi/c1-8-15-26-24-21(25(3,4)5)16-18(2)17-23(24)27(6,7)22-14-13-19-11-9-10-12-20(19)22/h8-14,16-17,22H,1,15H2,2-7H3. The highest BCUT2D eigenvalue weighted by Gasteiger charge is 2.39. The van der Waals surface area contributed by atoms with Gasteiger partial charge in [0.2, 0.25) is 0 Å². The molecule has 2 aromatic carbocycles. The topological polar surface area (TPSA) is 9.23 Å². The molecule has 0 heterocycles. The summed E-state index contributed by atoms with van der Waals surface area (Å²) in [7, 11) is -1.88. The van der Waals surface area contributed by atoms with Gasteiger partial charge in [-0.2, -0.15) is 0 Å². The molecule has 0 N–H and O–H groups in total. The van der Waals surface area contributed by atoms with Crippen molar-refractivity contribution in [3.63, 3.8) is 0 Å². The zero-order chi connectivity index (χ0) is 19.8. The fourth-order valence-electron chi connectivity index (χ4n) is 4.15. The number of hydrogen-bond acceptors (Lipinski definition) is 1. The van der Waals surface area contributed by atoms with E-state index in [1.807, 2.05) is 6.08 Å². The molecule has 0 saturated heterocycles. The second-order valence-electron chi connectivity index (χ2n) is 9.23. The minimum Gasteiger partial charge on any atom is -0.489 e. The van der Waals surface area contributed by atoms with Crippen molar-refractivity contribution in [2.45, 2.75) is 51.7 Å². The molecule has 1 aliphatic carbocycles. The van der Waals surface area contributed by atoms with Crippen molar-refractivity contribution in [1.29, 1.82) is 0 Å². The molecule has 1 unspecified atom stereocenters. The van der Waals surface area contributed by atoms with Crippen LogP contribution >= 0.6 is 0 Å². The molecule has 1 atom stereocenters. The van der Waals surface area contributed by atoms with Crippen LogP contribution < -0.4 is 9.92 Å². The quantitative estimate of drug-likeness (QED) is 0.451. The summed E-state index contributed by atoms with van der Waals surface area (Å²) < 4.78 is 6.33. The molecule has 27 heavy (non-hydrogen) atoms. The van der Waals surface area contributed by atoms with Crippen LogP contribution in [0.4, 0.5) is 0 Å². The van der Waals surface area contributed by atoms with Crippen LogP contribution in [0.15, 0.2) is 55.1 Å². The van der Waals surface area contributed by atoms with Crippen LogP contribution in [-0.4, -0.2) is 14.7 Å². The van der Waals surface area contributed by atoms with Crippen molar-refractivity contribution < 1.29 is 4.74 Å². The van der Waals surface area contributed by atoms with Gasteiger partial charge in [0.15, 0.2) is 0 Å². The highest BCUT2D eigenvalue weighted by atomic mass is 28.3. The molecule has 2 aromatic rings. The smallest absolute Gasteiger partial charge is 0.122 e. The first-order valence-corrected chi connectivity index (χ1v) is 12.9. The number of aryl methyl sites for hydroxylation is 1. The molecule has 0 aromatic heterocycles. The van der Waals surface area contributed by atoms with Gasteiger partial charge in [0.1, 0.15) is 12.4 Å². The van der Waals surface area contributed by atoms with E-state index in [9.17, 15) is 0 Å². The Bertz CT molecular complexity index is 884. The average molecular weight is 377 g/mol. The lowest BCUT2D eigenvalue weighted by molar-refractivity contribution is 0.353. The molecule has 3 rings (SSSR count). The molecule has 1 aliphatic rings. The minimum atomic E-state index is -1.88. The van der Waals surface area contributed by atoms with E-state index in [0.29, 0.717) is 12.1 Å². The first-order valence-electron chi connectivity index (χ1n) is 9.82. The second-order valence-corrected chi connectivity index (χ2v) is 13.8. The number of benzene rings is 2. The predicted molar refractivity (Wildman–Crippen MR) is 121 cm³/mol. The van der Waals surface area contributed by atoms with Gasteiger partial charge in [-0.15, -0.1) is 0 Å². The molecular weight excluding hydrogens is 344 g/mol. The summed E-state index contributed by atoms with van der Waals surface area (Å²) in [4.78, 5) is 0. The molecule has 0 saturated carbocycles. The SMILES string of the molecule is C=CCOc1c(C(C)(C)C)cc(C)cc1[Si](C)(C)C1C=Cc2ccccc21. The summed E-state index contributed by atoms with van der Waals surface area (Å²) in [6.45, 7) is 18.4. The van der Waals surface area contributed by atoms with Gasteiger partial charge in [-0.1, -0.05) is 101 Å². The molecule has 0 fully saturated rings. The molecule has 0 amide bonds. The van der Waals surface area contributed by atoms with Crippen molar-refractivity contribution in [2.24, 2.45) is 0 Å². The van der Waals surface area contributed by atoms with Gasteiger partial charge in [0.05, 0.1) is 8.07 Å². The lowest BCUT2D eigenvalue weighted by Crippen LogP contribution is -2.48. The summed E-state index contributed by atoms with van der Waals surface area (Å²) >= 11 is 0. The number of allylic oxidation sites excluding steroid dienone is 1. The summed E-state index contributed by atoms with van der Waals surface area (Å²) in [6, 6.07) is 13.5. The van der Waals surface area contributed by atoms with E-state index in [4.69, 9.17) is 4.74 Å². The summed E-state index contributed by atoms with van der Waals surface area (Å²) in [6.07, 6.45) is 6.54. The second kappa shape index (κ2) is 7.16. The van der Waals surface area contributed by atoms with E-state index < -0.39 is 8.07 Å². The monoisotopic (exact) mass is 376 g/mol. The third-order valence-corrected chi connectivity index (χ3v) is 9.48. The van der Waals surface area contributed by atoms with Gasteiger partial charge >= 0.3 is 0 Å². The van der Waals surface area contributed by atoms with E-state index in [-0.39, 0.29) is 5.41 Å². The van der Waals surface area contributed by atoms with E-state index in [0.717, 1.165) is 5.75 Å². The number of fused-ring (bicyclic) bond motifs is 1. The molecule has 0 bridgehead atoms. The van der Waals surface area contributed by atoms with Crippen molar-refractivity contribution >= 4 is 19.3 Å². The maximum absolute atomic E-state index is 6.33. The van der Waals surface area contributed by atoms with Crippen molar-refractivity contribution in [1.82, 2.24) is 0 Å². The molecular formula is C25H32OSi. The number of hydrogen-bond donors (Lipinski definition) is 0. The average Bonchev–Trinajstić information content (AvgIpc) is 3.04. The fourth-order valence-corrected chi connectivity index (χ4v) is 7.50. The molecule has 0 spiro atoms. The minimum absolute atomic E-state index is 0.0329. The van der Waals surface area contributed by atoms with E-state index in [1.165, 1.54) is 27.4 Å². The lowest BCUT2D eigenvalue weighted by Gasteiger charge is -2.35. The third kappa shape index (κ3) is 3.68. The normalized spacial score (nSPS) is 16.3. The molecule has 0 aliphatic heterocycles. The Kier molecular flexibility index (Phi) is 5.22. The van der Waals surface area contributed by atoms with Gasteiger partial charge < -0.3 is 4.74 Å². The van der Waals surface area contributed by atoms with Crippen molar-refractivity contribution in [3.8, 4) is 5.75 Å². The van der Waals surface area contributed by atoms with E-state index in [1.54, 1.807) is 0 Å². The van der Waals surface area contributed by atoms with Crippen molar-refractivity contribution in [2.75, 3.05) is 6.61 Å². The Morgan fingerprint density at radius 3 is 2.52 bits per heavy atom. The van der Waals surface area contributed by atoms with Crippen LogP contribution in [0.25, 0.3) is 6.08 Å². The lowest BCUT2D eigenvalue weighted by atomic mass is 9.85.